The van der Waals surface area contributed by atoms with Gasteiger partial charge >= 0.3 is 0 Å². The summed E-state index contributed by atoms with van der Waals surface area (Å²) in [6.45, 7) is 11.0. The van der Waals surface area contributed by atoms with E-state index in [4.69, 9.17) is 4.52 Å². The van der Waals surface area contributed by atoms with E-state index < -0.39 is 0 Å². The number of para-hydroxylation sites is 1. The summed E-state index contributed by atoms with van der Waals surface area (Å²) in [5.41, 5.74) is 4.45. The van der Waals surface area contributed by atoms with Crippen LogP contribution in [0.15, 0.2) is 53.1 Å². The van der Waals surface area contributed by atoms with E-state index in [0.717, 1.165) is 43.6 Å². The highest BCUT2D eigenvalue weighted by Crippen LogP contribution is 2.26. The van der Waals surface area contributed by atoms with Gasteiger partial charge in [0.05, 0.1) is 6.54 Å². The van der Waals surface area contributed by atoms with Crippen LogP contribution in [-0.2, 0) is 23.2 Å². The standard InChI is InChI=1S/C27H34N4O2/c1-5-19-8-6-7-9-23(19)28-26(32)21-14-16-31(17-15-21)18-24-29-25(30-33-24)20-10-12-22(13-11-20)27(2,3)4/h6-13,21H,5,14-18H2,1-4H3,(H,28,32). The summed E-state index contributed by atoms with van der Waals surface area (Å²) in [5.74, 6) is 1.39. The quantitative estimate of drug-likeness (QED) is 0.545. The molecule has 0 aliphatic carbocycles. The number of piperidine rings is 1. The lowest BCUT2D eigenvalue weighted by Crippen LogP contribution is -2.37. The number of amides is 1. The van der Waals surface area contributed by atoms with Gasteiger partial charge < -0.3 is 9.84 Å². The Bertz CT molecular complexity index is 1070. The summed E-state index contributed by atoms with van der Waals surface area (Å²) in [6, 6.07) is 16.4. The molecule has 3 aromatic rings. The Hall–Kier alpha value is -2.99. The van der Waals surface area contributed by atoms with Crippen molar-refractivity contribution in [3.63, 3.8) is 0 Å². The van der Waals surface area contributed by atoms with Crippen molar-refractivity contribution in [3.05, 3.63) is 65.5 Å². The van der Waals surface area contributed by atoms with Crippen LogP contribution in [0.4, 0.5) is 5.69 Å². The Morgan fingerprint density at radius 1 is 1.09 bits per heavy atom. The highest BCUT2D eigenvalue weighted by molar-refractivity contribution is 5.93. The number of aromatic nitrogens is 2. The fourth-order valence-electron chi connectivity index (χ4n) is 4.29. The fourth-order valence-corrected chi connectivity index (χ4v) is 4.29. The molecule has 2 aromatic carbocycles. The molecule has 0 unspecified atom stereocenters. The van der Waals surface area contributed by atoms with Gasteiger partial charge in [-0.3, -0.25) is 9.69 Å². The van der Waals surface area contributed by atoms with Crippen LogP contribution in [0.1, 0.15) is 57.6 Å². The van der Waals surface area contributed by atoms with Crippen molar-refractivity contribution in [2.75, 3.05) is 18.4 Å². The smallest absolute Gasteiger partial charge is 0.241 e. The molecule has 1 aromatic heterocycles. The maximum atomic E-state index is 12.8. The number of nitrogens with one attached hydrogen (secondary N) is 1. The highest BCUT2D eigenvalue weighted by atomic mass is 16.5. The number of aryl methyl sites for hydroxylation is 1. The number of hydrogen-bond acceptors (Lipinski definition) is 5. The van der Waals surface area contributed by atoms with Crippen LogP contribution in [0.3, 0.4) is 0 Å². The molecule has 1 N–H and O–H groups in total. The minimum atomic E-state index is 0.0331. The number of anilines is 1. The van der Waals surface area contributed by atoms with E-state index in [0.29, 0.717) is 18.3 Å². The summed E-state index contributed by atoms with van der Waals surface area (Å²) in [5, 5.41) is 7.31. The van der Waals surface area contributed by atoms with Gasteiger partial charge in [-0.15, -0.1) is 0 Å². The summed E-state index contributed by atoms with van der Waals surface area (Å²) in [7, 11) is 0. The van der Waals surface area contributed by atoms with Gasteiger partial charge in [-0.1, -0.05) is 75.3 Å². The molecule has 2 heterocycles. The van der Waals surface area contributed by atoms with E-state index in [1.54, 1.807) is 0 Å². The van der Waals surface area contributed by atoms with E-state index in [1.165, 1.54) is 11.1 Å². The molecule has 1 fully saturated rings. The van der Waals surface area contributed by atoms with E-state index in [9.17, 15) is 4.79 Å². The zero-order valence-electron chi connectivity index (χ0n) is 20.1. The molecule has 6 heteroatoms. The van der Waals surface area contributed by atoms with Crippen molar-refractivity contribution in [2.45, 2.75) is 58.9 Å². The van der Waals surface area contributed by atoms with E-state index >= 15 is 0 Å². The molecular formula is C27H34N4O2. The highest BCUT2D eigenvalue weighted by Gasteiger charge is 2.26. The molecule has 1 aliphatic heterocycles. The lowest BCUT2D eigenvalue weighted by atomic mass is 9.87. The molecule has 0 bridgehead atoms. The SMILES string of the molecule is CCc1ccccc1NC(=O)C1CCN(Cc2nc(-c3ccc(C(C)(C)C)cc3)no2)CC1. The summed E-state index contributed by atoms with van der Waals surface area (Å²) in [4.78, 5) is 19.7. The number of carbonyl (C=O) groups excluding carboxylic acids is 1. The first-order valence-electron chi connectivity index (χ1n) is 11.9. The van der Waals surface area contributed by atoms with E-state index in [-0.39, 0.29) is 17.2 Å². The number of rotatable bonds is 6. The summed E-state index contributed by atoms with van der Waals surface area (Å²) in [6.07, 6.45) is 2.56. The molecule has 4 rings (SSSR count). The zero-order chi connectivity index (χ0) is 23.4. The average Bonchev–Trinajstić information content (AvgIpc) is 3.28. The first-order chi connectivity index (χ1) is 15.8. The second kappa shape index (κ2) is 9.87. The third-order valence-electron chi connectivity index (χ3n) is 6.45. The minimum absolute atomic E-state index is 0.0331. The third-order valence-corrected chi connectivity index (χ3v) is 6.45. The monoisotopic (exact) mass is 446 g/mol. The van der Waals surface area contributed by atoms with Crippen molar-refractivity contribution in [3.8, 4) is 11.4 Å². The molecule has 0 spiro atoms. The number of benzene rings is 2. The third kappa shape index (κ3) is 5.69. The molecule has 1 saturated heterocycles. The van der Waals surface area contributed by atoms with Crippen LogP contribution in [0.5, 0.6) is 0 Å². The van der Waals surface area contributed by atoms with Gasteiger partial charge in [0, 0.05) is 17.2 Å². The largest absolute Gasteiger partial charge is 0.338 e. The van der Waals surface area contributed by atoms with Crippen LogP contribution in [0, 0.1) is 5.92 Å². The van der Waals surface area contributed by atoms with Crippen LogP contribution >= 0.6 is 0 Å². The van der Waals surface area contributed by atoms with Crippen LogP contribution in [-0.4, -0.2) is 34.0 Å². The number of hydrogen-bond donors (Lipinski definition) is 1. The lowest BCUT2D eigenvalue weighted by Gasteiger charge is -2.30. The molecular weight excluding hydrogens is 412 g/mol. The topological polar surface area (TPSA) is 71.3 Å². The molecule has 0 saturated carbocycles. The zero-order valence-corrected chi connectivity index (χ0v) is 20.1. The first-order valence-corrected chi connectivity index (χ1v) is 11.9. The molecule has 0 radical (unpaired) electrons. The van der Waals surface area contributed by atoms with Crippen molar-refractivity contribution >= 4 is 11.6 Å². The maximum Gasteiger partial charge on any atom is 0.241 e. The van der Waals surface area contributed by atoms with Gasteiger partial charge in [-0.2, -0.15) is 4.98 Å². The lowest BCUT2D eigenvalue weighted by molar-refractivity contribution is -0.121. The summed E-state index contributed by atoms with van der Waals surface area (Å²) >= 11 is 0. The summed E-state index contributed by atoms with van der Waals surface area (Å²) < 4.78 is 5.52. The Labute approximate surface area is 196 Å². The molecule has 174 valence electrons. The number of nitrogens with zero attached hydrogens (tertiary/aromatic N) is 3. The molecule has 33 heavy (non-hydrogen) atoms. The molecule has 6 nitrogen and oxygen atoms in total. The normalized spacial score (nSPS) is 15.5. The van der Waals surface area contributed by atoms with E-state index in [2.05, 4.69) is 78.4 Å². The second-order valence-corrected chi connectivity index (χ2v) is 9.89. The fraction of sp³-hybridized carbons (Fsp3) is 0.444. The minimum Gasteiger partial charge on any atom is -0.338 e. The van der Waals surface area contributed by atoms with Gasteiger partial charge in [-0.05, 0) is 55.0 Å². The van der Waals surface area contributed by atoms with Gasteiger partial charge in [0.25, 0.3) is 0 Å². The Morgan fingerprint density at radius 2 is 1.79 bits per heavy atom. The predicted octanol–water partition coefficient (Wildman–Crippen LogP) is 5.45. The van der Waals surface area contributed by atoms with Gasteiger partial charge in [-0.25, -0.2) is 0 Å². The first kappa shape index (κ1) is 23.2. The Kier molecular flexibility index (Phi) is 6.94. The van der Waals surface area contributed by atoms with Crippen molar-refractivity contribution < 1.29 is 9.32 Å². The Balaban J connectivity index is 1.30. The number of likely N-dealkylation sites (tertiary alicyclic amines) is 1. The van der Waals surface area contributed by atoms with Gasteiger partial charge in [0.2, 0.25) is 17.6 Å². The van der Waals surface area contributed by atoms with Crippen molar-refractivity contribution in [1.82, 2.24) is 15.0 Å². The molecule has 0 atom stereocenters. The average molecular weight is 447 g/mol. The molecule has 1 amide bonds. The van der Waals surface area contributed by atoms with Crippen LogP contribution in [0.25, 0.3) is 11.4 Å². The van der Waals surface area contributed by atoms with Crippen LogP contribution < -0.4 is 5.32 Å². The van der Waals surface area contributed by atoms with Crippen molar-refractivity contribution in [1.29, 1.82) is 0 Å². The Morgan fingerprint density at radius 3 is 2.45 bits per heavy atom. The van der Waals surface area contributed by atoms with Gasteiger partial charge in [0.15, 0.2) is 0 Å². The predicted molar refractivity (Wildman–Crippen MR) is 131 cm³/mol. The molecule has 1 aliphatic rings. The van der Waals surface area contributed by atoms with Crippen molar-refractivity contribution in [2.24, 2.45) is 5.92 Å². The van der Waals surface area contributed by atoms with Crippen LogP contribution in [0.2, 0.25) is 0 Å². The maximum absolute atomic E-state index is 12.8. The second-order valence-electron chi connectivity index (χ2n) is 9.89. The van der Waals surface area contributed by atoms with Gasteiger partial charge in [0.1, 0.15) is 0 Å². The number of carbonyl (C=O) groups is 1. The van der Waals surface area contributed by atoms with E-state index in [1.807, 2.05) is 18.2 Å².